The van der Waals surface area contributed by atoms with Crippen LogP contribution in [-0.4, -0.2) is 16.5 Å². The molecule has 0 atom stereocenters. The largest absolute Gasteiger partial charge is 0.390 e. The molecule has 0 fully saturated rings. The average molecular weight is 172 g/mol. The van der Waals surface area contributed by atoms with Gasteiger partial charge in [0.05, 0.1) is 5.60 Å². The number of hydrogen-bond acceptors (Lipinski definition) is 2. The molecule has 1 N–H and O–H groups in total. The molecule has 0 unspecified atom stereocenters. The van der Waals surface area contributed by atoms with Gasteiger partial charge in [-0.05, 0) is 19.3 Å². The summed E-state index contributed by atoms with van der Waals surface area (Å²) in [4.78, 5) is 11.0. The molecule has 0 aliphatic rings. The van der Waals surface area contributed by atoms with Gasteiger partial charge >= 0.3 is 0 Å². The highest BCUT2D eigenvalue weighted by Gasteiger charge is 2.22. The third kappa shape index (κ3) is 3.86. The zero-order valence-electron chi connectivity index (χ0n) is 8.39. The lowest BCUT2D eigenvalue weighted by molar-refractivity contribution is -0.120. The minimum atomic E-state index is -0.606. The predicted molar refractivity (Wildman–Crippen MR) is 50.1 cm³/mol. The third-order valence-corrected chi connectivity index (χ3v) is 2.58. The summed E-state index contributed by atoms with van der Waals surface area (Å²) in [6.45, 7) is 5.78. The predicted octanol–water partition coefficient (Wildman–Crippen LogP) is 2.30. The van der Waals surface area contributed by atoms with Crippen molar-refractivity contribution in [2.75, 3.05) is 0 Å². The average Bonchev–Trinajstić information content (AvgIpc) is 2.13. The second-order valence-electron chi connectivity index (χ2n) is 3.32. The van der Waals surface area contributed by atoms with Gasteiger partial charge in [-0.2, -0.15) is 0 Å². The first-order valence-corrected chi connectivity index (χ1v) is 4.82. The maximum absolute atomic E-state index is 11.0. The van der Waals surface area contributed by atoms with E-state index in [1.165, 1.54) is 0 Å². The summed E-state index contributed by atoms with van der Waals surface area (Å²) in [7, 11) is 0. The molecule has 0 aliphatic carbocycles. The Morgan fingerprint density at radius 3 is 2.08 bits per heavy atom. The fourth-order valence-corrected chi connectivity index (χ4v) is 1.15. The third-order valence-electron chi connectivity index (χ3n) is 2.58. The smallest absolute Gasteiger partial charge is 0.132 e. The summed E-state index contributed by atoms with van der Waals surface area (Å²) in [5.41, 5.74) is -0.606. The van der Waals surface area contributed by atoms with Crippen molar-refractivity contribution in [3.05, 3.63) is 0 Å². The minimum Gasteiger partial charge on any atom is -0.390 e. The summed E-state index contributed by atoms with van der Waals surface area (Å²) < 4.78 is 0. The van der Waals surface area contributed by atoms with Gasteiger partial charge in [-0.3, -0.25) is 4.79 Å². The quantitative estimate of drug-likeness (QED) is 0.667. The normalized spacial score (nSPS) is 11.7. The summed E-state index contributed by atoms with van der Waals surface area (Å²) in [5.74, 6) is 0.246. The lowest BCUT2D eigenvalue weighted by Crippen LogP contribution is -2.27. The topological polar surface area (TPSA) is 37.3 Å². The van der Waals surface area contributed by atoms with E-state index in [9.17, 15) is 9.90 Å². The molecule has 72 valence electrons. The zero-order valence-corrected chi connectivity index (χ0v) is 8.39. The number of hydrogen-bond donors (Lipinski definition) is 1. The maximum Gasteiger partial charge on any atom is 0.132 e. The molecule has 0 aromatic rings. The van der Waals surface area contributed by atoms with Crippen molar-refractivity contribution in [3.63, 3.8) is 0 Å². The van der Waals surface area contributed by atoms with Crippen LogP contribution in [-0.2, 0) is 4.79 Å². The van der Waals surface area contributed by atoms with Gasteiger partial charge in [-0.25, -0.2) is 0 Å². The van der Waals surface area contributed by atoms with E-state index in [4.69, 9.17) is 0 Å². The number of carbonyl (C=O) groups is 1. The van der Waals surface area contributed by atoms with Crippen molar-refractivity contribution in [1.29, 1.82) is 0 Å². The van der Waals surface area contributed by atoms with Crippen molar-refractivity contribution in [2.24, 2.45) is 0 Å². The summed E-state index contributed by atoms with van der Waals surface area (Å²) >= 11 is 0. The van der Waals surface area contributed by atoms with Crippen molar-refractivity contribution < 1.29 is 9.90 Å². The number of rotatable bonds is 6. The fourth-order valence-electron chi connectivity index (χ4n) is 1.15. The molecule has 0 aromatic carbocycles. The monoisotopic (exact) mass is 172 g/mol. The molecule has 0 heterocycles. The van der Waals surface area contributed by atoms with E-state index in [1.54, 1.807) is 0 Å². The molecule has 2 nitrogen and oxygen atoms in total. The lowest BCUT2D eigenvalue weighted by atomic mass is 9.90. The van der Waals surface area contributed by atoms with Gasteiger partial charge in [-0.1, -0.05) is 20.8 Å². The van der Waals surface area contributed by atoms with Gasteiger partial charge in [0, 0.05) is 12.8 Å². The molecule has 0 saturated heterocycles. The van der Waals surface area contributed by atoms with Gasteiger partial charge in [0.15, 0.2) is 0 Å². The highest BCUT2D eigenvalue weighted by Crippen LogP contribution is 2.21. The van der Waals surface area contributed by atoms with Crippen molar-refractivity contribution >= 4 is 5.78 Å². The Labute approximate surface area is 75.0 Å². The molecule has 0 rings (SSSR count). The highest BCUT2D eigenvalue weighted by molar-refractivity contribution is 5.78. The molecule has 0 aliphatic heterocycles. The van der Waals surface area contributed by atoms with Crippen LogP contribution in [0.25, 0.3) is 0 Å². The summed E-state index contributed by atoms with van der Waals surface area (Å²) in [5, 5.41) is 9.82. The SMILES string of the molecule is CCC(=O)CCC(O)(CC)CC. The molecular weight excluding hydrogens is 152 g/mol. The fraction of sp³-hybridized carbons (Fsp3) is 0.900. The first-order valence-electron chi connectivity index (χ1n) is 4.82. The Bertz CT molecular complexity index is 137. The van der Waals surface area contributed by atoms with Crippen LogP contribution in [0.5, 0.6) is 0 Å². The highest BCUT2D eigenvalue weighted by atomic mass is 16.3. The molecule has 0 bridgehead atoms. The molecule has 0 spiro atoms. The Hall–Kier alpha value is -0.370. The lowest BCUT2D eigenvalue weighted by Gasteiger charge is -2.24. The maximum atomic E-state index is 11.0. The molecule has 0 radical (unpaired) electrons. The first-order chi connectivity index (χ1) is 5.58. The Balaban J connectivity index is 3.80. The van der Waals surface area contributed by atoms with Gasteiger partial charge in [0.25, 0.3) is 0 Å². The van der Waals surface area contributed by atoms with Crippen LogP contribution in [0.4, 0.5) is 0 Å². The van der Waals surface area contributed by atoms with E-state index in [0.29, 0.717) is 19.3 Å². The van der Waals surface area contributed by atoms with E-state index < -0.39 is 5.60 Å². The van der Waals surface area contributed by atoms with Crippen LogP contribution < -0.4 is 0 Å². The van der Waals surface area contributed by atoms with Gasteiger partial charge in [0.2, 0.25) is 0 Å². The Kier molecular flexibility index (Phi) is 5.14. The number of carbonyl (C=O) groups excluding carboxylic acids is 1. The Morgan fingerprint density at radius 1 is 1.25 bits per heavy atom. The van der Waals surface area contributed by atoms with E-state index in [1.807, 2.05) is 20.8 Å². The van der Waals surface area contributed by atoms with Gasteiger partial charge in [0.1, 0.15) is 5.78 Å². The van der Waals surface area contributed by atoms with E-state index >= 15 is 0 Å². The summed E-state index contributed by atoms with van der Waals surface area (Å²) in [6.07, 6.45) is 3.20. The van der Waals surface area contributed by atoms with Crippen molar-refractivity contribution in [2.45, 2.75) is 58.5 Å². The molecule has 0 aromatic heterocycles. The molecular formula is C10H20O2. The van der Waals surface area contributed by atoms with Crippen LogP contribution in [0.2, 0.25) is 0 Å². The van der Waals surface area contributed by atoms with Crippen LogP contribution in [0, 0.1) is 0 Å². The number of Topliss-reactive ketones (excluding diaryl/α,β-unsaturated/α-hetero) is 1. The van der Waals surface area contributed by atoms with Crippen LogP contribution >= 0.6 is 0 Å². The summed E-state index contributed by atoms with van der Waals surface area (Å²) in [6, 6.07) is 0. The zero-order chi connectivity index (χ0) is 9.61. The molecule has 12 heavy (non-hydrogen) atoms. The molecule has 0 saturated carbocycles. The number of ketones is 1. The van der Waals surface area contributed by atoms with Crippen LogP contribution in [0.15, 0.2) is 0 Å². The van der Waals surface area contributed by atoms with E-state index in [-0.39, 0.29) is 5.78 Å². The van der Waals surface area contributed by atoms with E-state index in [0.717, 1.165) is 12.8 Å². The van der Waals surface area contributed by atoms with Gasteiger partial charge < -0.3 is 5.11 Å². The van der Waals surface area contributed by atoms with E-state index in [2.05, 4.69) is 0 Å². The van der Waals surface area contributed by atoms with Gasteiger partial charge in [-0.15, -0.1) is 0 Å². The Morgan fingerprint density at radius 2 is 1.75 bits per heavy atom. The molecule has 2 heteroatoms. The standard InChI is InChI=1S/C10H20O2/c1-4-9(11)7-8-10(12,5-2)6-3/h12H,4-8H2,1-3H3. The van der Waals surface area contributed by atoms with Crippen LogP contribution in [0.1, 0.15) is 52.9 Å². The van der Waals surface area contributed by atoms with Crippen molar-refractivity contribution in [3.8, 4) is 0 Å². The van der Waals surface area contributed by atoms with Crippen molar-refractivity contribution in [1.82, 2.24) is 0 Å². The number of aliphatic hydroxyl groups is 1. The first kappa shape index (κ1) is 11.6. The minimum absolute atomic E-state index is 0.246. The second kappa shape index (κ2) is 5.31. The molecule has 0 amide bonds. The second-order valence-corrected chi connectivity index (χ2v) is 3.32. The van der Waals surface area contributed by atoms with Crippen LogP contribution in [0.3, 0.4) is 0 Å².